The summed E-state index contributed by atoms with van der Waals surface area (Å²) in [7, 11) is 0. The molecule has 0 saturated heterocycles. The van der Waals surface area contributed by atoms with Gasteiger partial charge in [0, 0.05) is 11.8 Å². The summed E-state index contributed by atoms with van der Waals surface area (Å²) >= 11 is 10.9. The molecule has 4 heteroatoms. The lowest BCUT2D eigenvalue weighted by molar-refractivity contribution is 0.539. The number of aliphatic imine (C=N–C) groups is 1. The van der Waals surface area contributed by atoms with Gasteiger partial charge in [0.2, 0.25) is 6.08 Å². The van der Waals surface area contributed by atoms with E-state index in [4.69, 9.17) is 23.2 Å². The fourth-order valence-electron chi connectivity index (χ4n) is 0.206. The Morgan fingerprint density at radius 2 is 2.00 bits per heavy atom. The van der Waals surface area contributed by atoms with Crippen molar-refractivity contribution in [2.45, 2.75) is 12.5 Å². The minimum absolute atomic E-state index is 0.242. The first-order valence-corrected chi connectivity index (χ1v) is 3.46. The molecule has 0 spiro atoms. The van der Waals surface area contributed by atoms with Gasteiger partial charge in [-0.25, -0.2) is 4.79 Å². The number of isocyanates is 1. The fraction of sp³-hybridized carbons (Fsp3) is 0.800. The second-order valence-corrected chi connectivity index (χ2v) is 2.50. The molecule has 0 bridgehead atoms. The minimum Gasteiger partial charge on any atom is -0.211 e. The predicted molar refractivity (Wildman–Crippen MR) is 38.0 cm³/mol. The number of halogens is 2. The molecule has 0 atom stereocenters. The number of nitrogens with zero attached hydrogens (tertiary/aromatic N) is 1. The zero-order valence-corrected chi connectivity index (χ0v) is 6.54. The van der Waals surface area contributed by atoms with Gasteiger partial charge in [-0.3, -0.25) is 0 Å². The van der Waals surface area contributed by atoms with E-state index in [-0.39, 0.29) is 11.8 Å². The van der Waals surface area contributed by atoms with Gasteiger partial charge >= 0.3 is 0 Å². The van der Waals surface area contributed by atoms with Gasteiger partial charge in [0.25, 0.3) is 0 Å². The molecule has 0 saturated carbocycles. The highest BCUT2D eigenvalue weighted by molar-refractivity contribution is 6.22. The van der Waals surface area contributed by atoms with Gasteiger partial charge in [-0.05, 0) is 6.92 Å². The summed E-state index contributed by atoms with van der Waals surface area (Å²) in [4.78, 5) is 13.2. The van der Waals surface area contributed by atoms with Crippen LogP contribution in [0.4, 0.5) is 0 Å². The summed E-state index contributed by atoms with van der Waals surface area (Å²) in [6.45, 7) is 1.69. The number of alkyl halides is 2. The Morgan fingerprint density at radius 3 is 2.11 bits per heavy atom. The van der Waals surface area contributed by atoms with Crippen molar-refractivity contribution in [1.29, 1.82) is 0 Å². The van der Waals surface area contributed by atoms with Gasteiger partial charge in [0.15, 0.2) is 0 Å². The van der Waals surface area contributed by atoms with Crippen molar-refractivity contribution in [1.82, 2.24) is 0 Å². The average molecular weight is 168 g/mol. The smallest absolute Gasteiger partial charge is 0.211 e. The van der Waals surface area contributed by atoms with E-state index < -0.39 is 5.54 Å². The van der Waals surface area contributed by atoms with Crippen LogP contribution >= 0.6 is 23.2 Å². The van der Waals surface area contributed by atoms with Gasteiger partial charge in [0.1, 0.15) is 0 Å². The van der Waals surface area contributed by atoms with E-state index >= 15 is 0 Å². The molecule has 0 amide bonds. The molecular formula is C5H7Cl2NO. The lowest BCUT2D eigenvalue weighted by Crippen LogP contribution is -2.25. The molecule has 9 heavy (non-hydrogen) atoms. The third kappa shape index (κ3) is 2.85. The van der Waals surface area contributed by atoms with Crippen LogP contribution < -0.4 is 0 Å². The quantitative estimate of drug-likeness (QED) is 0.357. The maximum Gasteiger partial charge on any atom is 0.235 e. The summed E-state index contributed by atoms with van der Waals surface area (Å²) in [6, 6.07) is 0. The highest BCUT2D eigenvalue weighted by Crippen LogP contribution is 2.12. The summed E-state index contributed by atoms with van der Waals surface area (Å²) in [5.41, 5.74) is -0.634. The van der Waals surface area contributed by atoms with Crippen LogP contribution in [0.1, 0.15) is 6.92 Å². The van der Waals surface area contributed by atoms with Crippen molar-refractivity contribution >= 4 is 29.3 Å². The van der Waals surface area contributed by atoms with E-state index in [1.54, 1.807) is 6.92 Å². The first kappa shape index (κ1) is 8.96. The van der Waals surface area contributed by atoms with Crippen molar-refractivity contribution in [2.24, 2.45) is 4.99 Å². The average Bonchev–Trinajstić information content (AvgIpc) is 1.89. The van der Waals surface area contributed by atoms with Crippen molar-refractivity contribution in [3.63, 3.8) is 0 Å². The molecule has 0 unspecified atom stereocenters. The molecule has 0 aliphatic carbocycles. The van der Waals surface area contributed by atoms with Gasteiger partial charge < -0.3 is 0 Å². The van der Waals surface area contributed by atoms with Gasteiger partial charge in [-0.1, -0.05) is 0 Å². The highest BCUT2D eigenvalue weighted by atomic mass is 35.5. The van der Waals surface area contributed by atoms with Crippen LogP contribution in [0.3, 0.4) is 0 Å². The molecule has 0 rings (SSSR count). The normalized spacial score (nSPS) is 10.6. The molecule has 0 radical (unpaired) electrons. The first-order chi connectivity index (χ1) is 4.18. The van der Waals surface area contributed by atoms with Crippen molar-refractivity contribution in [3.05, 3.63) is 0 Å². The Kier molecular flexibility index (Phi) is 3.87. The molecule has 0 aromatic carbocycles. The molecule has 0 N–H and O–H groups in total. The lowest BCUT2D eigenvalue weighted by Gasteiger charge is -2.14. The second kappa shape index (κ2) is 3.89. The molecule has 0 aliphatic rings. The van der Waals surface area contributed by atoms with E-state index in [1.807, 2.05) is 0 Å². The Hall–Kier alpha value is -0.0400. The monoisotopic (exact) mass is 167 g/mol. The molecule has 2 nitrogen and oxygen atoms in total. The minimum atomic E-state index is -0.634. The van der Waals surface area contributed by atoms with E-state index in [1.165, 1.54) is 6.08 Å². The Bertz CT molecular complexity index is 127. The van der Waals surface area contributed by atoms with Gasteiger partial charge in [0.05, 0.1) is 5.54 Å². The van der Waals surface area contributed by atoms with Crippen molar-refractivity contribution in [2.75, 3.05) is 11.8 Å². The number of hydrogen-bond donors (Lipinski definition) is 0. The maximum atomic E-state index is 9.73. The summed E-state index contributed by atoms with van der Waals surface area (Å²) in [5, 5.41) is 0. The Labute approximate surface area is 63.9 Å². The number of carbonyl (C=O) groups excluding carboxylic acids is 1. The number of rotatable bonds is 3. The van der Waals surface area contributed by atoms with Crippen LogP contribution in [0.15, 0.2) is 4.99 Å². The van der Waals surface area contributed by atoms with Crippen molar-refractivity contribution in [3.8, 4) is 0 Å². The summed E-state index contributed by atoms with van der Waals surface area (Å²) in [5.74, 6) is 0.484. The zero-order chi connectivity index (χ0) is 7.33. The second-order valence-electron chi connectivity index (χ2n) is 1.97. The lowest BCUT2D eigenvalue weighted by atomic mass is 10.1. The highest BCUT2D eigenvalue weighted by Gasteiger charge is 2.19. The molecular weight excluding hydrogens is 161 g/mol. The predicted octanol–water partition coefficient (Wildman–Crippen LogP) is 1.56. The van der Waals surface area contributed by atoms with Crippen LogP contribution in [0, 0.1) is 0 Å². The topological polar surface area (TPSA) is 29.4 Å². The Morgan fingerprint density at radius 1 is 1.56 bits per heavy atom. The molecule has 0 fully saturated rings. The van der Waals surface area contributed by atoms with E-state index in [9.17, 15) is 4.79 Å². The molecule has 0 aliphatic heterocycles. The maximum absolute atomic E-state index is 9.73. The van der Waals surface area contributed by atoms with Crippen molar-refractivity contribution < 1.29 is 4.79 Å². The molecule has 0 aromatic heterocycles. The standard InChI is InChI=1S/C5H7Cl2NO/c1-5(2-6,3-7)8-4-9/h2-3H2,1H3. The first-order valence-electron chi connectivity index (χ1n) is 2.39. The van der Waals surface area contributed by atoms with Crippen LogP contribution in [0.5, 0.6) is 0 Å². The van der Waals surface area contributed by atoms with E-state index in [2.05, 4.69) is 4.99 Å². The van der Waals surface area contributed by atoms with Crippen LogP contribution in [-0.2, 0) is 4.79 Å². The van der Waals surface area contributed by atoms with E-state index in [0.717, 1.165) is 0 Å². The molecule has 52 valence electrons. The van der Waals surface area contributed by atoms with E-state index in [0.29, 0.717) is 0 Å². The Balaban J connectivity index is 4.08. The summed E-state index contributed by atoms with van der Waals surface area (Å²) in [6.07, 6.45) is 1.42. The molecule has 0 aromatic rings. The largest absolute Gasteiger partial charge is 0.235 e. The molecule has 0 heterocycles. The zero-order valence-electron chi connectivity index (χ0n) is 5.03. The van der Waals surface area contributed by atoms with Crippen LogP contribution in [0.2, 0.25) is 0 Å². The third-order valence-electron chi connectivity index (χ3n) is 0.891. The van der Waals surface area contributed by atoms with Crippen LogP contribution in [0.25, 0.3) is 0 Å². The van der Waals surface area contributed by atoms with Gasteiger partial charge in [-0.2, -0.15) is 4.99 Å². The number of hydrogen-bond acceptors (Lipinski definition) is 2. The SMILES string of the molecule is CC(CCl)(CCl)N=C=O. The fourth-order valence-corrected chi connectivity index (χ4v) is 0.611. The van der Waals surface area contributed by atoms with Gasteiger partial charge in [-0.15, -0.1) is 23.2 Å². The third-order valence-corrected chi connectivity index (χ3v) is 2.04. The summed E-state index contributed by atoms with van der Waals surface area (Å²) < 4.78 is 0. The van der Waals surface area contributed by atoms with Crippen LogP contribution in [-0.4, -0.2) is 23.4 Å².